The van der Waals surface area contributed by atoms with Gasteiger partial charge in [-0.3, -0.25) is 14.6 Å². The minimum atomic E-state index is 0.344. The van der Waals surface area contributed by atoms with Crippen molar-refractivity contribution in [3.8, 4) is 0 Å². The minimum Gasteiger partial charge on any atom is -0.372 e. The summed E-state index contributed by atoms with van der Waals surface area (Å²) in [6.45, 7) is 6.34. The predicted molar refractivity (Wildman–Crippen MR) is 86.6 cm³/mol. The summed E-state index contributed by atoms with van der Waals surface area (Å²) in [7, 11) is 1.88. The van der Waals surface area contributed by atoms with E-state index in [1.54, 1.807) is 6.20 Å². The molecule has 1 saturated heterocycles. The van der Waals surface area contributed by atoms with Crippen LogP contribution in [-0.4, -0.2) is 38.2 Å². The zero-order chi connectivity index (χ0) is 15.5. The van der Waals surface area contributed by atoms with Crippen molar-refractivity contribution in [2.24, 2.45) is 0 Å². The van der Waals surface area contributed by atoms with Gasteiger partial charge in [-0.05, 0) is 39.3 Å². The molecule has 0 radical (unpaired) electrons. The third kappa shape index (κ3) is 2.97. The number of nitrogens with zero attached hydrogens (tertiary/aromatic N) is 5. The van der Waals surface area contributed by atoms with Gasteiger partial charge in [0.25, 0.3) is 0 Å². The van der Waals surface area contributed by atoms with Crippen LogP contribution in [0.15, 0.2) is 24.7 Å². The number of hydrogen-bond acceptors (Lipinski definition) is 5. The Hall–Kier alpha value is -1.95. The van der Waals surface area contributed by atoms with E-state index >= 15 is 0 Å². The van der Waals surface area contributed by atoms with Crippen LogP contribution in [0.4, 0.5) is 5.82 Å². The second-order valence-electron chi connectivity index (χ2n) is 6.07. The Bertz CT molecular complexity index is 621. The highest BCUT2D eigenvalue weighted by Gasteiger charge is 2.28. The molecule has 6 heteroatoms. The molecule has 0 aromatic carbocycles. The van der Waals surface area contributed by atoms with Crippen LogP contribution in [0, 0.1) is 0 Å². The van der Waals surface area contributed by atoms with Gasteiger partial charge in [0.05, 0.1) is 29.8 Å². The number of likely N-dealkylation sites (tertiary alicyclic amines) is 1. The molecule has 1 unspecified atom stereocenters. The predicted octanol–water partition coefficient (Wildman–Crippen LogP) is 2.63. The molecule has 0 aliphatic carbocycles. The Morgan fingerprint density at radius 1 is 1.36 bits per heavy atom. The standard InChI is InChI=1S/C16H24N6/c1-12(2)22-13(6-7-19-22)11-21-8-4-5-15(21)14-9-18-10-16(17-3)20-14/h6-7,9-10,12,15H,4-5,8,11H2,1-3H3,(H,17,20). The maximum atomic E-state index is 4.67. The maximum absolute atomic E-state index is 4.67. The van der Waals surface area contributed by atoms with E-state index in [2.05, 4.69) is 49.9 Å². The van der Waals surface area contributed by atoms with Crippen molar-refractivity contribution >= 4 is 5.82 Å². The van der Waals surface area contributed by atoms with E-state index in [0.29, 0.717) is 12.1 Å². The average molecular weight is 300 g/mol. The summed E-state index contributed by atoms with van der Waals surface area (Å²) < 4.78 is 2.10. The number of nitrogens with one attached hydrogen (secondary N) is 1. The molecule has 0 bridgehead atoms. The molecule has 2 aromatic heterocycles. The largest absolute Gasteiger partial charge is 0.372 e. The molecule has 1 aliphatic heterocycles. The van der Waals surface area contributed by atoms with Crippen LogP contribution in [-0.2, 0) is 6.54 Å². The van der Waals surface area contributed by atoms with E-state index in [-0.39, 0.29) is 0 Å². The first-order valence-electron chi connectivity index (χ1n) is 7.95. The lowest BCUT2D eigenvalue weighted by atomic mass is 10.1. The highest BCUT2D eigenvalue weighted by Crippen LogP contribution is 2.32. The third-order valence-electron chi connectivity index (χ3n) is 4.22. The molecular formula is C16H24N6. The SMILES string of the molecule is CNc1cncc(C2CCCN2Cc2ccnn2C(C)C)n1. The highest BCUT2D eigenvalue weighted by atomic mass is 15.3. The molecule has 0 amide bonds. The Balaban J connectivity index is 1.79. The molecule has 118 valence electrons. The molecule has 1 atom stereocenters. The van der Waals surface area contributed by atoms with Crippen LogP contribution in [0.5, 0.6) is 0 Å². The van der Waals surface area contributed by atoms with E-state index in [1.807, 2.05) is 19.4 Å². The van der Waals surface area contributed by atoms with Gasteiger partial charge in [0.15, 0.2) is 0 Å². The Morgan fingerprint density at radius 3 is 3.00 bits per heavy atom. The summed E-state index contributed by atoms with van der Waals surface area (Å²) in [5, 5.41) is 7.50. The number of hydrogen-bond donors (Lipinski definition) is 1. The first kappa shape index (κ1) is 15.0. The van der Waals surface area contributed by atoms with Gasteiger partial charge in [-0.25, -0.2) is 4.98 Å². The molecule has 3 heterocycles. The highest BCUT2D eigenvalue weighted by molar-refractivity contribution is 5.31. The van der Waals surface area contributed by atoms with E-state index in [0.717, 1.165) is 31.0 Å². The van der Waals surface area contributed by atoms with E-state index < -0.39 is 0 Å². The smallest absolute Gasteiger partial charge is 0.144 e. The van der Waals surface area contributed by atoms with E-state index in [1.165, 1.54) is 12.1 Å². The van der Waals surface area contributed by atoms with E-state index in [9.17, 15) is 0 Å². The Labute approximate surface area is 131 Å². The fourth-order valence-electron chi connectivity index (χ4n) is 3.15. The molecule has 1 aliphatic rings. The summed E-state index contributed by atoms with van der Waals surface area (Å²) in [5.74, 6) is 0.830. The normalized spacial score (nSPS) is 19.0. The van der Waals surface area contributed by atoms with Crippen molar-refractivity contribution in [1.82, 2.24) is 24.6 Å². The molecule has 22 heavy (non-hydrogen) atoms. The van der Waals surface area contributed by atoms with Crippen molar-refractivity contribution in [2.45, 2.75) is 45.3 Å². The van der Waals surface area contributed by atoms with Gasteiger partial charge in [0.1, 0.15) is 5.82 Å². The topological polar surface area (TPSA) is 58.9 Å². The zero-order valence-electron chi connectivity index (χ0n) is 13.5. The van der Waals surface area contributed by atoms with Gasteiger partial charge >= 0.3 is 0 Å². The van der Waals surface area contributed by atoms with Gasteiger partial charge in [-0.2, -0.15) is 5.10 Å². The average Bonchev–Trinajstić information content (AvgIpc) is 3.17. The molecular weight excluding hydrogens is 276 g/mol. The third-order valence-corrected chi connectivity index (χ3v) is 4.22. The second-order valence-corrected chi connectivity index (χ2v) is 6.07. The molecule has 2 aromatic rings. The summed E-state index contributed by atoms with van der Waals surface area (Å²) in [5.41, 5.74) is 2.32. The number of anilines is 1. The van der Waals surface area contributed by atoms with Gasteiger partial charge in [-0.1, -0.05) is 0 Å². The lowest BCUT2D eigenvalue weighted by molar-refractivity contribution is 0.234. The Morgan fingerprint density at radius 2 is 2.23 bits per heavy atom. The molecule has 1 fully saturated rings. The monoisotopic (exact) mass is 300 g/mol. The molecule has 3 rings (SSSR count). The number of rotatable bonds is 5. The molecule has 0 saturated carbocycles. The summed E-state index contributed by atoms with van der Waals surface area (Å²) >= 11 is 0. The van der Waals surface area contributed by atoms with Crippen molar-refractivity contribution in [3.05, 3.63) is 36.0 Å². The van der Waals surface area contributed by atoms with Crippen molar-refractivity contribution in [1.29, 1.82) is 0 Å². The summed E-state index contributed by atoms with van der Waals surface area (Å²) in [6, 6.07) is 2.85. The van der Waals surface area contributed by atoms with Gasteiger partial charge < -0.3 is 5.32 Å². The van der Waals surface area contributed by atoms with Crippen LogP contribution in [0.2, 0.25) is 0 Å². The molecule has 6 nitrogen and oxygen atoms in total. The Kier molecular flexibility index (Phi) is 4.38. The van der Waals surface area contributed by atoms with Gasteiger partial charge in [0.2, 0.25) is 0 Å². The second kappa shape index (κ2) is 6.44. The van der Waals surface area contributed by atoms with Gasteiger partial charge in [-0.15, -0.1) is 0 Å². The van der Waals surface area contributed by atoms with Gasteiger partial charge in [0, 0.05) is 25.8 Å². The molecule has 0 spiro atoms. The lowest BCUT2D eigenvalue weighted by Crippen LogP contribution is -2.25. The van der Waals surface area contributed by atoms with Crippen molar-refractivity contribution in [3.63, 3.8) is 0 Å². The van der Waals surface area contributed by atoms with Crippen LogP contribution >= 0.6 is 0 Å². The lowest BCUT2D eigenvalue weighted by Gasteiger charge is -2.25. The van der Waals surface area contributed by atoms with Crippen LogP contribution in [0.1, 0.15) is 50.2 Å². The van der Waals surface area contributed by atoms with Crippen molar-refractivity contribution in [2.75, 3.05) is 18.9 Å². The first-order valence-corrected chi connectivity index (χ1v) is 7.95. The maximum Gasteiger partial charge on any atom is 0.144 e. The van der Waals surface area contributed by atoms with Crippen molar-refractivity contribution < 1.29 is 0 Å². The van der Waals surface area contributed by atoms with Crippen LogP contribution in [0.3, 0.4) is 0 Å². The summed E-state index contributed by atoms with van der Waals surface area (Å²) in [6.07, 6.45) is 7.88. The van der Waals surface area contributed by atoms with Crippen LogP contribution in [0.25, 0.3) is 0 Å². The zero-order valence-corrected chi connectivity index (χ0v) is 13.5. The van der Waals surface area contributed by atoms with Crippen LogP contribution < -0.4 is 5.32 Å². The summed E-state index contributed by atoms with van der Waals surface area (Å²) in [4.78, 5) is 11.5. The fraction of sp³-hybridized carbons (Fsp3) is 0.562. The molecule has 1 N–H and O–H groups in total. The minimum absolute atomic E-state index is 0.344. The first-order chi connectivity index (χ1) is 10.7. The van der Waals surface area contributed by atoms with E-state index in [4.69, 9.17) is 0 Å². The quantitative estimate of drug-likeness (QED) is 0.920. The number of aromatic nitrogens is 4. The fourth-order valence-corrected chi connectivity index (χ4v) is 3.15.